The van der Waals surface area contributed by atoms with Crippen molar-refractivity contribution in [3.05, 3.63) is 35.7 Å². The molecule has 1 aliphatic heterocycles. The van der Waals surface area contributed by atoms with Gasteiger partial charge in [0.1, 0.15) is 0 Å². The molecule has 0 saturated carbocycles. The van der Waals surface area contributed by atoms with E-state index in [1.165, 1.54) is 5.56 Å². The summed E-state index contributed by atoms with van der Waals surface area (Å²) in [6.07, 6.45) is 0.455. The van der Waals surface area contributed by atoms with Crippen LogP contribution in [0.1, 0.15) is 38.3 Å². The van der Waals surface area contributed by atoms with E-state index in [4.69, 9.17) is 9.15 Å². The van der Waals surface area contributed by atoms with E-state index >= 15 is 0 Å². The third kappa shape index (κ3) is 3.20. The summed E-state index contributed by atoms with van der Waals surface area (Å²) < 4.78 is 11.7. The highest BCUT2D eigenvalue weighted by atomic mass is 16.5. The fourth-order valence-electron chi connectivity index (χ4n) is 2.91. The van der Waals surface area contributed by atoms with Gasteiger partial charge in [-0.25, -0.2) is 0 Å². The van der Waals surface area contributed by atoms with Crippen molar-refractivity contribution in [2.45, 2.75) is 45.9 Å². The zero-order chi connectivity index (χ0) is 15.7. The minimum Gasteiger partial charge on any atom is -0.419 e. The van der Waals surface area contributed by atoms with Crippen LogP contribution in [-0.2, 0) is 4.74 Å². The Balaban J connectivity index is 1.76. The molecule has 0 spiro atoms. The number of aromatic nitrogens is 2. The number of rotatable bonds is 3. The predicted octanol–water partition coefficient (Wildman–Crippen LogP) is 3.22. The van der Waals surface area contributed by atoms with Gasteiger partial charge in [0.2, 0.25) is 11.8 Å². The first-order valence-corrected chi connectivity index (χ1v) is 7.83. The van der Waals surface area contributed by atoms with Gasteiger partial charge in [-0.2, -0.15) is 0 Å². The Bertz CT molecular complexity index is 613. The Morgan fingerprint density at radius 1 is 1.09 bits per heavy atom. The molecule has 1 saturated heterocycles. The first-order valence-electron chi connectivity index (χ1n) is 7.83. The number of benzene rings is 1. The maximum absolute atomic E-state index is 5.89. The molecule has 118 valence electrons. The highest BCUT2D eigenvalue weighted by molar-refractivity contribution is 5.52. The fraction of sp³-hybridized carbons (Fsp3) is 0.529. The van der Waals surface area contributed by atoms with Crippen molar-refractivity contribution in [2.24, 2.45) is 0 Å². The van der Waals surface area contributed by atoms with Crippen LogP contribution in [0.3, 0.4) is 0 Å². The Morgan fingerprint density at radius 2 is 1.73 bits per heavy atom. The number of ether oxygens (including phenoxy) is 1. The topological polar surface area (TPSA) is 51.4 Å². The van der Waals surface area contributed by atoms with E-state index in [9.17, 15) is 0 Å². The second-order valence-electron chi connectivity index (χ2n) is 6.20. The van der Waals surface area contributed by atoms with Crippen LogP contribution in [0.5, 0.6) is 0 Å². The molecule has 3 rings (SSSR count). The van der Waals surface area contributed by atoms with Crippen LogP contribution in [-0.4, -0.2) is 40.4 Å². The Morgan fingerprint density at radius 3 is 2.36 bits per heavy atom. The quantitative estimate of drug-likeness (QED) is 0.871. The molecule has 2 aromatic rings. The Kier molecular flexibility index (Phi) is 4.27. The smallest absolute Gasteiger partial charge is 0.247 e. The van der Waals surface area contributed by atoms with Crippen molar-refractivity contribution in [3.63, 3.8) is 0 Å². The lowest BCUT2D eigenvalue weighted by Crippen LogP contribution is -2.46. The minimum atomic E-state index is 0.0977. The second kappa shape index (κ2) is 6.18. The molecule has 0 N–H and O–H groups in total. The molecule has 0 bridgehead atoms. The molecule has 1 aromatic heterocycles. The predicted molar refractivity (Wildman–Crippen MR) is 84.5 cm³/mol. The van der Waals surface area contributed by atoms with Crippen LogP contribution >= 0.6 is 0 Å². The third-order valence-electron chi connectivity index (χ3n) is 4.09. The van der Waals surface area contributed by atoms with Gasteiger partial charge in [-0.15, -0.1) is 10.2 Å². The van der Waals surface area contributed by atoms with Crippen molar-refractivity contribution < 1.29 is 9.15 Å². The molecule has 22 heavy (non-hydrogen) atoms. The molecule has 5 heteroatoms. The van der Waals surface area contributed by atoms with Crippen LogP contribution in [0, 0.1) is 6.92 Å². The number of nitrogens with zero attached hydrogens (tertiary/aromatic N) is 3. The van der Waals surface area contributed by atoms with E-state index in [1.54, 1.807) is 0 Å². The van der Waals surface area contributed by atoms with Crippen molar-refractivity contribution in [2.75, 3.05) is 13.1 Å². The summed E-state index contributed by atoms with van der Waals surface area (Å²) in [7, 11) is 0. The van der Waals surface area contributed by atoms with Crippen LogP contribution in [0.4, 0.5) is 0 Å². The van der Waals surface area contributed by atoms with E-state index < -0.39 is 0 Å². The number of hydrogen-bond acceptors (Lipinski definition) is 5. The summed E-state index contributed by atoms with van der Waals surface area (Å²) in [6.45, 7) is 10.1. The Hall–Kier alpha value is -1.72. The van der Waals surface area contributed by atoms with Crippen LogP contribution in [0.2, 0.25) is 0 Å². The first-order chi connectivity index (χ1) is 10.5. The number of morpholine rings is 1. The van der Waals surface area contributed by atoms with Gasteiger partial charge in [0.05, 0.1) is 18.2 Å². The molecule has 2 heterocycles. The number of hydrogen-bond donors (Lipinski definition) is 0. The molecular weight excluding hydrogens is 278 g/mol. The Labute approximate surface area is 131 Å². The average Bonchev–Trinajstić information content (AvgIpc) is 2.96. The highest BCUT2D eigenvalue weighted by Gasteiger charge is 2.29. The summed E-state index contributed by atoms with van der Waals surface area (Å²) >= 11 is 0. The van der Waals surface area contributed by atoms with Gasteiger partial charge in [0.25, 0.3) is 0 Å². The lowest BCUT2D eigenvalue weighted by molar-refractivity contribution is -0.0814. The van der Waals surface area contributed by atoms with Gasteiger partial charge in [-0.3, -0.25) is 4.90 Å². The maximum atomic E-state index is 5.89. The summed E-state index contributed by atoms with van der Waals surface area (Å²) in [5.41, 5.74) is 2.17. The van der Waals surface area contributed by atoms with E-state index in [2.05, 4.69) is 42.8 Å². The molecule has 3 atom stereocenters. The lowest BCUT2D eigenvalue weighted by Gasteiger charge is -2.37. The lowest BCUT2D eigenvalue weighted by atomic mass is 10.1. The van der Waals surface area contributed by atoms with Crippen LogP contribution in [0.25, 0.3) is 11.5 Å². The molecular formula is C17H23N3O2. The molecule has 1 fully saturated rings. The zero-order valence-corrected chi connectivity index (χ0v) is 13.6. The highest BCUT2D eigenvalue weighted by Crippen LogP contribution is 2.26. The van der Waals surface area contributed by atoms with E-state index in [0.29, 0.717) is 11.8 Å². The number of aryl methyl sites for hydroxylation is 1. The summed E-state index contributed by atoms with van der Waals surface area (Å²) in [5, 5.41) is 8.44. The van der Waals surface area contributed by atoms with E-state index in [1.807, 2.05) is 24.3 Å². The molecule has 0 unspecified atom stereocenters. The normalized spacial score (nSPS) is 24.4. The van der Waals surface area contributed by atoms with E-state index in [0.717, 1.165) is 18.7 Å². The monoisotopic (exact) mass is 301 g/mol. The average molecular weight is 301 g/mol. The van der Waals surface area contributed by atoms with Gasteiger partial charge >= 0.3 is 0 Å². The standard InChI is InChI=1S/C17H23N3O2/c1-11-5-7-15(8-6-11)17-19-18-16(22-17)14(4)20-9-12(2)21-13(3)10-20/h5-8,12-14H,9-10H2,1-4H3/t12-,13-,14+/m1/s1. The summed E-state index contributed by atoms with van der Waals surface area (Å²) in [6, 6.07) is 8.22. The maximum Gasteiger partial charge on any atom is 0.247 e. The zero-order valence-electron chi connectivity index (χ0n) is 13.6. The largest absolute Gasteiger partial charge is 0.419 e. The molecule has 0 aliphatic carbocycles. The molecule has 0 amide bonds. The van der Waals surface area contributed by atoms with Gasteiger partial charge in [0.15, 0.2) is 0 Å². The van der Waals surface area contributed by atoms with Gasteiger partial charge in [-0.1, -0.05) is 17.7 Å². The van der Waals surface area contributed by atoms with Crippen LogP contribution < -0.4 is 0 Å². The molecule has 5 nitrogen and oxygen atoms in total. The van der Waals surface area contributed by atoms with Gasteiger partial charge in [-0.05, 0) is 39.8 Å². The summed E-state index contributed by atoms with van der Waals surface area (Å²) in [4.78, 5) is 2.34. The molecule has 1 aromatic carbocycles. The van der Waals surface area contributed by atoms with Crippen LogP contribution in [0.15, 0.2) is 28.7 Å². The van der Waals surface area contributed by atoms with Crippen molar-refractivity contribution in [1.82, 2.24) is 15.1 Å². The van der Waals surface area contributed by atoms with Gasteiger partial charge < -0.3 is 9.15 Å². The molecule has 1 aliphatic rings. The minimum absolute atomic E-state index is 0.0977. The van der Waals surface area contributed by atoms with Crippen molar-refractivity contribution in [3.8, 4) is 11.5 Å². The van der Waals surface area contributed by atoms with Gasteiger partial charge in [0, 0.05) is 18.7 Å². The van der Waals surface area contributed by atoms with Crippen molar-refractivity contribution >= 4 is 0 Å². The third-order valence-corrected chi connectivity index (χ3v) is 4.09. The SMILES string of the molecule is Cc1ccc(-c2nnc([C@H](C)N3C[C@@H](C)O[C@H](C)C3)o2)cc1. The summed E-state index contributed by atoms with van der Waals surface area (Å²) in [5.74, 6) is 1.24. The van der Waals surface area contributed by atoms with Crippen molar-refractivity contribution in [1.29, 1.82) is 0 Å². The second-order valence-corrected chi connectivity index (χ2v) is 6.20. The molecule has 0 radical (unpaired) electrons. The first kappa shape index (κ1) is 15.2. The van der Waals surface area contributed by atoms with E-state index in [-0.39, 0.29) is 18.2 Å². The fourth-order valence-corrected chi connectivity index (χ4v) is 2.91.